The summed E-state index contributed by atoms with van der Waals surface area (Å²) in [5.41, 5.74) is 2.36. The summed E-state index contributed by atoms with van der Waals surface area (Å²) in [6.07, 6.45) is 4.15. The number of nitrogens with zero attached hydrogens (tertiary/aromatic N) is 1. The van der Waals surface area contributed by atoms with Crippen molar-refractivity contribution < 1.29 is 21.6 Å². The maximum absolute atomic E-state index is 13.0. The van der Waals surface area contributed by atoms with Gasteiger partial charge in [-0.15, -0.1) is 0 Å². The van der Waals surface area contributed by atoms with E-state index >= 15 is 0 Å². The van der Waals surface area contributed by atoms with E-state index in [2.05, 4.69) is 4.72 Å². The van der Waals surface area contributed by atoms with Crippen molar-refractivity contribution in [1.29, 1.82) is 0 Å². The molecule has 1 aliphatic heterocycles. The molecule has 1 unspecified atom stereocenters. The number of carbonyl (C=O) groups is 1. The highest BCUT2D eigenvalue weighted by molar-refractivity contribution is 7.90. The van der Waals surface area contributed by atoms with Crippen LogP contribution in [0.3, 0.4) is 0 Å². The molecular formula is C22H26N2O5S2. The monoisotopic (exact) mass is 462 g/mol. The van der Waals surface area contributed by atoms with E-state index in [0.717, 1.165) is 30.3 Å². The highest BCUT2D eigenvalue weighted by atomic mass is 32.2. The van der Waals surface area contributed by atoms with Crippen molar-refractivity contribution in [3.63, 3.8) is 0 Å². The lowest BCUT2D eigenvalue weighted by Gasteiger charge is -2.19. The van der Waals surface area contributed by atoms with Crippen molar-refractivity contribution >= 4 is 31.5 Å². The molecule has 2 aromatic rings. The fourth-order valence-corrected chi connectivity index (χ4v) is 5.90. The zero-order valence-electron chi connectivity index (χ0n) is 17.5. The molecule has 1 atom stereocenters. The first-order chi connectivity index (χ1) is 14.6. The maximum atomic E-state index is 13.0. The number of carbonyl (C=O) groups excluding carboxylic acids is 1. The van der Waals surface area contributed by atoms with Gasteiger partial charge in [-0.25, -0.2) is 21.6 Å². The lowest BCUT2D eigenvalue weighted by atomic mass is 10.1. The molecule has 1 fully saturated rings. The Bertz CT molecular complexity index is 1220. The van der Waals surface area contributed by atoms with Crippen LogP contribution >= 0.6 is 0 Å². The molecule has 1 amide bonds. The van der Waals surface area contributed by atoms with Gasteiger partial charge >= 0.3 is 0 Å². The van der Waals surface area contributed by atoms with Crippen LogP contribution in [0.1, 0.15) is 43.4 Å². The summed E-state index contributed by atoms with van der Waals surface area (Å²) in [7, 11) is -7.11. The van der Waals surface area contributed by atoms with Crippen molar-refractivity contribution in [2.24, 2.45) is 5.92 Å². The lowest BCUT2D eigenvalue weighted by Crippen LogP contribution is -2.30. The quantitative estimate of drug-likeness (QED) is 0.682. The van der Waals surface area contributed by atoms with Gasteiger partial charge in [-0.3, -0.25) is 4.79 Å². The van der Waals surface area contributed by atoms with E-state index < -0.39 is 25.9 Å². The molecular weight excluding hydrogens is 436 g/mol. The predicted molar refractivity (Wildman–Crippen MR) is 118 cm³/mol. The first-order valence-corrected chi connectivity index (χ1v) is 13.7. The average Bonchev–Trinajstić information content (AvgIpc) is 3.50. The third-order valence-corrected chi connectivity index (χ3v) is 8.46. The minimum absolute atomic E-state index is 0.121. The van der Waals surface area contributed by atoms with E-state index in [4.69, 9.17) is 0 Å². The number of benzene rings is 2. The standard InChI is InChI=1S/C22H26N2O5S2/c1-3-20(15-6-8-18(9-7-15)30(2,26)27)23-31(28,29)19-10-11-21-17(14-19)12-13-24(21)22(25)16-4-5-16/h6-11,14,16,20,23H,3-5,12-13H2,1-2H3. The SMILES string of the molecule is CCC(NS(=O)(=O)c1ccc2c(c1)CCN2C(=O)C1CC1)c1ccc(S(C)(=O)=O)cc1. The second kappa shape index (κ2) is 8.03. The predicted octanol–water partition coefficient (Wildman–Crippen LogP) is 2.82. The Kier molecular flexibility index (Phi) is 5.70. The van der Waals surface area contributed by atoms with Gasteiger partial charge in [0.05, 0.1) is 9.79 Å². The van der Waals surface area contributed by atoms with Gasteiger partial charge in [-0.05, 0) is 67.1 Å². The summed E-state index contributed by atoms with van der Waals surface area (Å²) in [6, 6.07) is 10.7. The van der Waals surface area contributed by atoms with Crippen LogP contribution in [0.15, 0.2) is 52.3 Å². The number of amides is 1. The fraction of sp³-hybridized carbons (Fsp3) is 0.409. The number of sulfonamides is 1. The second-order valence-corrected chi connectivity index (χ2v) is 12.0. The topological polar surface area (TPSA) is 101 Å². The minimum Gasteiger partial charge on any atom is -0.312 e. The molecule has 1 saturated carbocycles. The van der Waals surface area contributed by atoms with E-state index in [1.807, 2.05) is 6.92 Å². The average molecular weight is 463 g/mol. The fourth-order valence-electron chi connectivity index (χ4n) is 3.91. The van der Waals surface area contributed by atoms with E-state index in [1.165, 1.54) is 12.1 Å². The summed E-state index contributed by atoms with van der Waals surface area (Å²) in [5, 5.41) is 0. The summed E-state index contributed by atoms with van der Waals surface area (Å²) in [6.45, 7) is 2.45. The minimum atomic E-state index is -3.79. The number of sulfone groups is 1. The molecule has 0 saturated heterocycles. The Labute approximate surface area is 183 Å². The van der Waals surface area contributed by atoms with Crippen molar-refractivity contribution in [1.82, 2.24) is 4.72 Å². The van der Waals surface area contributed by atoms with Gasteiger partial charge in [0.2, 0.25) is 15.9 Å². The van der Waals surface area contributed by atoms with Gasteiger partial charge in [0.1, 0.15) is 0 Å². The Balaban J connectivity index is 1.55. The van der Waals surface area contributed by atoms with Gasteiger partial charge in [0.15, 0.2) is 9.84 Å². The molecule has 4 rings (SSSR count). The third kappa shape index (κ3) is 4.53. The molecule has 2 aliphatic rings. The zero-order valence-corrected chi connectivity index (χ0v) is 19.2. The highest BCUT2D eigenvalue weighted by Gasteiger charge is 2.36. The number of anilines is 1. The number of fused-ring (bicyclic) bond motifs is 1. The molecule has 31 heavy (non-hydrogen) atoms. The molecule has 9 heteroatoms. The van der Waals surface area contributed by atoms with E-state index in [9.17, 15) is 21.6 Å². The Morgan fingerprint density at radius 2 is 1.71 bits per heavy atom. The van der Waals surface area contributed by atoms with Crippen LogP contribution in [0.5, 0.6) is 0 Å². The lowest BCUT2D eigenvalue weighted by molar-refractivity contribution is -0.119. The van der Waals surface area contributed by atoms with Gasteiger partial charge in [-0.2, -0.15) is 0 Å². The molecule has 0 aromatic heterocycles. The van der Waals surface area contributed by atoms with Crippen LogP contribution in [0, 0.1) is 5.92 Å². The molecule has 0 bridgehead atoms. The first kappa shape index (κ1) is 22.0. The van der Waals surface area contributed by atoms with Crippen LogP contribution in [-0.2, 0) is 31.1 Å². The first-order valence-electron chi connectivity index (χ1n) is 10.4. The van der Waals surface area contributed by atoms with E-state index in [0.29, 0.717) is 24.9 Å². The van der Waals surface area contributed by atoms with Gasteiger partial charge in [0, 0.05) is 30.4 Å². The molecule has 0 spiro atoms. The van der Waals surface area contributed by atoms with Crippen molar-refractivity contribution in [3.05, 3.63) is 53.6 Å². The summed E-state index contributed by atoms with van der Waals surface area (Å²) in [4.78, 5) is 14.6. The maximum Gasteiger partial charge on any atom is 0.241 e. The molecule has 1 N–H and O–H groups in total. The highest BCUT2D eigenvalue weighted by Crippen LogP contribution is 2.37. The van der Waals surface area contributed by atoms with Crippen LogP contribution in [0.4, 0.5) is 5.69 Å². The number of rotatable bonds is 7. The summed E-state index contributed by atoms with van der Waals surface area (Å²) >= 11 is 0. The summed E-state index contributed by atoms with van der Waals surface area (Å²) < 4.78 is 52.1. The van der Waals surface area contributed by atoms with Gasteiger partial charge in [-0.1, -0.05) is 19.1 Å². The number of nitrogens with one attached hydrogen (secondary N) is 1. The Morgan fingerprint density at radius 3 is 2.29 bits per heavy atom. The van der Waals surface area contributed by atoms with E-state index in [-0.39, 0.29) is 21.6 Å². The molecule has 1 heterocycles. The molecule has 1 aliphatic carbocycles. The van der Waals surface area contributed by atoms with Crippen molar-refractivity contribution in [2.45, 2.75) is 48.4 Å². The Morgan fingerprint density at radius 1 is 1.06 bits per heavy atom. The van der Waals surface area contributed by atoms with E-state index in [1.54, 1.807) is 35.2 Å². The molecule has 166 valence electrons. The smallest absolute Gasteiger partial charge is 0.241 e. The Hall–Kier alpha value is -2.23. The molecule has 0 radical (unpaired) electrons. The summed E-state index contributed by atoms with van der Waals surface area (Å²) in [5.74, 6) is 0.256. The normalized spacial score (nSPS) is 17.4. The van der Waals surface area contributed by atoms with Crippen LogP contribution in [0.2, 0.25) is 0 Å². The van der Waals surface area contributed by atoms with Crippen molar-refractivity contribution in [2.75, 3.05) is 17.7 Å². The van der Waals surface area contributed by atoms with Crippen molar-refractivity contribution in [3.8, 4) is 0 Å². The largest absolute Gasteiger partial charge is 0.312 e. The van der Waals surface area contributed by atoms with Gasteiger partial charge in [0.25, 0.3) is 0 Å². The molecule has 2 aromatic carbocycles. The van der Waals surface area contributed by atoms with Crippen LogP contribution in [0.25, 0.3) is 0 Å². The zero-order chi connectivity index (χ0) is 22.4. The number of hydrogen-bond acceptors (Lipinski definition) is 5. The number of hydrogen-bond donors (Lipinski definition) is 1. The van der Waals surface area contributed by atoms with Crippen LogP contribution < -0.4 is 9.62 Å². The van der Waals surface area contributed by atoms with Crippen LogP contribution in [-0.4, -0.2) is 35.5 Å². The van der Waals surface area contributed by atoms with Gasteiger partial charge < -0.3 is 4.90 Å². The molecule has 7 nitrogen and oxygen atoms in total. The third-order valence-electron chi connectivity index (χ3n) is 5.87. The second-order valence-electron chi connectivity index (χ2n) is 8.23.